The molecular weight excluding hydrogens is 226 g/mol. The molecule has 1 aromatic carbocycles. The second-order valence-corrected chi connectivity index (χ2v) is 6.50. The third kappa shape index (κ3) is 3.26. The van der Waals surface area contributed by atoms with E-state index in [1.165, 1.54) is 41.7 Å². The van der Waals surface area contributed by atoms with Gasteiger partial charge in [-0.05, 0) is 62.4 Å². The van der Waals surface area contributed by atoms with Crippen molar-refractivity contribution in [3.63, 3.8) is 0 Å². The van der Waals surface area contributed by atoms with Crippen molar-refractivity contribution in [3.05, 3.63) is 29.3 Å². The van der Waals surface area contributed by atoms with Gasteiger partial charge in [0.25, 0.3) is 0 Å². The van der Waals surface area contributed by atoms with Crippen LogP contribution in [0.4, 0.5) is 0 Å². The molecule has 0 aliphatic heterocycles. The standard InChI is InChI=1S/C15H23NS/c1-11-7-8-14(9-12(11)2)17-15-6-4-3-5-13(15)10-16/h7-9,13,15H,3-6,10,16H2,1-2H3. The number of thioether (sulfide) groups is 1. The molecule has 2 heteroatoms. The van der Waals surface area contributed by atoms with Crippen molar-refractivity contribution in [1.82, 2.24) is 0 Å². The van der Waals surface area contributed by atoms with Crippen LogP contribution in [0.15, 0.2) is 23.1 Å². The van der Waals surface area contributed by atoms with Crippen LogP contribution in [0.25, 0.3) is 0 Å². The topological polar surface area (TPSA) is 26.0 Å². The Morgan fingerprint density at radius 3 is 2.65 bits per heavy atom. The molecule has 1 aromatic rings. The summed E-state index contributed by atoms with van der Waals surface area (Å²) in [4.78, 5) is 1.42. The molecule has 0 bridgehead atoms. The third-order valence-corrected chi connectivity index (χ3v) is 5.36. The van der Waals surface area contributed by atoms with Crippen LogP contribution in [-0.2, 0) is 0 Å². The molecule has 0 spiro atoms. The average molecular weight is 249 g/mol. The fraction of sp³-hybridized carbons (Fsp3) is 0.600. The van der Waals surface area contributed by atoms with Crippen molar-refractivity contribution in [1.29, 1.82) is 0 Å². The Balaban J connectivity index is 2.05. The van der Waals surface area contributed by atoms with Crippen LogP contribution in [-0.4, -0.2) is 11.8 Å². The highest BCUT2D eigenvalue weighted by molar-refractivity contribution is 8.00. The molecule has 2 atom stereocenters. The highest BCUT2D eigenvalue weighted by Gasteiger charge is 2.24. The van der Waals surface area contributed by atoms with E-state index >= 15 is 0 Å². The van der Waals surface area contributed by atoms with Crippen molar-refractivity contribution in [2.45, 2.75) is 49.7 Å². The van der Waals surface area contributed by atoms with Crippen LogP contribution >= 0.6 is 11.8 Å². The maximum absolute atomic E-state index is 5.89. The SMILES string of the molecule is Cc1ccc(SC2CCCCC2CN)cc1C. The molecule has 0 amide bonds. The highest BCUT2D eigenvalue weighted by atomic mass is 32.2. The fourth-order valence-corrected chi connectivity index (χ4v) is 4.03. The minimum atomic E-state index is 0.718. The zero-order chi connectivity index (χ0) is 12.3. The first-order chi connectivity index (χ1) is 8.20. The van der Waals surface area contributed by atoms with Gasteiger partial charge in [0, 0.05) is 10.1 Å². The van der Waals surface area contributed by atoms with Crippen LogP contribution in [0.3, 0.4) is 0 Å². The predicted molar refractivity (Wildman–Crippen MR) is 76.6 cm³/mol. The minimum absolute atomic E-state index is 0.718. The summed E-state index contributed by atoms with van der Waals surface area (Å²) in [5, 5.41) is 0.732. The Morgan fingerprint density at radius 1 is 1.18 bits per heavy atom. The van der Waals surface area contributed by atoms with Crippen molar-refractivity contribution in [2.24, 2.45) is 11.7 Å². The number of benzene rings is 1. The van der Waals surface area contributed by atoms with Gasteiger partial charge in [-0.2, -0.15) is 0 Å². The summed E-state index contributed by atoms with van der Waals surface area (Å²) >= 11 is 2.04. The van der Waals surface area contributed by atoms with Crippen LogP contribution in [0.1, 0.15) is 36.8 Å². The van der Waals surface area contributed by atoms with Gasteiger partial charge in [-0.15, -0.1) is 11.8 Å². The van der Waals surface area contributed by atoms with Gasteiger partial charge in [-0.1, -0.05) is 18.9 Å². The summed E-state index contributed by atoms with van der Waals surface area (Å²) < 4.78 is 0. The number of hydrogen-bond donors (Lipinski definition) is 1. The molecule has 0 saturated heterocycles. The van der Waals surface area contributed by atoms with Gasteiger partial charge in [0.05, 0.1) is 0 Å². The lowest BCUT2D eigenvalue weighted by Gasteiger charge is -2.30. The summed E-state index contributed by atoms with van der Waals surface area (Å²) in [6.07, 6.45) is 5.39. The van der Waals surface area contributed by atoms with E-state index in [0.717, 1.165) is 17.7 Å². The van der Waals surface area contributed by atoms with E-state index in [-0.39, 0.29) is 0 Å². The summed E-state index contributed by atoms with van der Waals surface area (Å²) in [6, 6.07) is 6.81. The summed E-state index contributed by atoms with van der Waals surface area (Å²) in [6.45, 7) is 5.22. The lowest BCUT2D eigenvalue weighted by atomic mass is 9.89. The first-order valence-electron chi connectivity index (χ1n) is 6.64. The van der Waals surface area contributed by atoms with E-state index in [9.17, 15) is 0 Å². The zero-order valence-electron chi connectivity index (χ0n) is 10.9. The molecule has 94 valence electrons. The van der Waals surface area contributed by atoms with Gasteiger partial charge in [-0.3, -0.25) is 0 Å². The van der Waals surface area contributed by atoms with Crippen molar-refractivity contribution in [2.75, 3.05) is 6.54 Å². The Bertz CT molecular complexity index is 375. The van der Waals surface area contributed by atoms with Crippen molar-refractivity contribution < 1.29 is 0 Å². The van der Waals surface area contributed by atoms with Crippen LogP contribution < -0.4 is 5.73 Å². The van der Waals surface area contributed by atoms with Gasteiger partial charge in [0.1, 0.15) is 0 Å². The molecule has 1 aliphatic carbocycles. The fourth-order valence-electron chi connectivity index (χ4n) is 2.56. The molecule has 2 N–H and O–H groups in total. The number of nitrogens with two attached hydrogens (primary N) is 1. The molecule has 2 rings (SSSR count). The average Bonchev–Trinajstić information content (AvgIpc) is 2.34. The summed E-state index contributed by atoms with van der Waals surface area (Å²) in [5.41, 5.74) is 8.67. The maximum Gasteiger partial charge on any atom is 0.0135 e. The highest BCUT2D eigenvalue weighted by Crippen LogP contribution is 2.37. The van der Waals surface area contributed by atoms with E-state index in [1.807, 2.05) is 11.8 Å². The first kappa shape index (κ1) is 13.0. The van der Waals surface area contributed by atoms with E-state index in [2.05, 4.69) is 32.0 Å². The number of rotatable bonds is 3. The number of aryl methyl sites for hydroxylation is 2. The molecule has 2 unspecified atom stereocenters. The largest absolute Gasteiger partial charge is 0.330 e. The molecule has 0 aromatic heterocycles. The molecule has 1 aliphatic rings. The normalized spacial score (nSPS) is 24.9. The minimum Gasteiger partial charge on any atom is -0.330 e. The lowest BCUT2D eigenvalue weighted by Crippen LogP contribution is -2.28. The molecule has 1 nitrogen and oxygen atoms in total. The molecule has 1 saturated carbocycles. The zero-order valence-corrected chi connectivity index (χ0v) is 11.7. The quantitative estimate of drug-likeness (QED) is 0.879. The molecule has 17 heavy (non-hydrogen) atoms. The van der Waals surface area contributed by atoms with Crippen molar-refractivity contribution >= 4 is 11.8 Å². The van der Waals surface area contributed by atoms with Crippen LogP contribution in [0.5, 0.6) is 0 Å². The Labute approximate surface area is 109 Å². The second kappa shape index (κ2) is 5.92. The second-order valence-electron chi connectivity index (χ2n) is 5.18. The van der Waals surface area contributed by atoms with E-state index in [1.54, 1.807) is 0 Å². The lowest BCUT2D eigenvalue weighted by molar-refractivity contribution is 0.378. The molecule has 0 radical (unpaired) electrons. The molecule has 0 heterocycles. The van der Waals surface area contributed by atoms with Crippen LogP contribution in [0.2, 0.25) is 0 Å². The Kier molecular flexibility index (Phi) is 4.52. The molecular formula is C15H23NS. The van der Waals surface area contributed by atoms with Crippen LogP contribution in [0, 0.1) is 19.8 Å². The third-order valence-electron chi connectivity index (χ3n) is 3.91. The Hall–Kier alpha value is -0.470. The monoisotopic (exact) mass is 249 g/mol. The number of hydrogen-bond acceptors (Lipinski definition) is 2. The van der Waals surface area contributed by atoms with E-state index in [4.69, 9.17) is 5.73 Å². The van der Waals surface area contributed by atoms with E-state index in [0.29, 0.717) is 0 Å². The predicted octanol–water partition coefficient (Wildman–Crippen LogP) is 3.91. The summed E-state index contributed by atoms with van der Waals surface area (Å²) in [7, 11) is 0. The van der Waals surface area contributed by atoms with Gasteiger partial charge < -0.3 is 5.73 Å². The molecule has 1 fully saturated rings. The van der Waals surface area contributed by atoms with Gasteiger partial charge in [0.2, 0.25) is 0 Å². The van der Waals surface area contributed by atoms with Crippen molar-refractivity contribution in [3.8, 4) is 0 Å². The maximum atomic E-state index is 5.89. The first-order valence-corrected chi connectivity index (χ1v) is 7.52. The smallest absolute Gasteiger partial charge is 0.0135 e. The Morgan fingerprint density at radius 2 is 1.94 bits per heavy atom. The van der Waals surface area contributed by atoms with Gasteiger partial charge >= 0.3 is 0 Å². The van der Waals surface area contributed by atoms with Gasteiger partial charge in [-0.25, -0.2) is 0 Å². The van der Waals surface area contributed by atoms with Gasteiger partial charge in [0.15, 0.2) is 0 Å². The summed E-state index contributed by atoms with van der Waals surface area (Å²) in [5.74, 6) is 0.718. The van der Waals surface area contributed by atoms with E-state index < -0.39 is 0 Å².